The number of sulfonamides is 1. The molecule has 0 aromatic heterocycles. The SMILES string of the molecule is CCc1ccc(NS(=O)(=O)c2cccc(C(=O)NC(C)C)c2)cc1. The van der Waals surface area contributed by atoms with Crippen LogP contribution in [0.1, 0.15) is 36.7 Å². The first kappa shape index (κ1) is 18.0. The molecule has 2 N–H and O–H groups in total. The Morgan fingerprint density at radius 1 is 1.08 bits per heavy atom. The van der Waals surface area contributed by atoms with Crippen LogP contribution in [0.5, 0.6) is 0 Å². The Kier molecular flexibility index (Phi) is 5.62. The summed E-state index contributed by atoms with van der Waals surface area (Å²) in [6, 6.07) is 13.2. The first-order chi connectivity index (χ1) is 11.3. The topological polar surface area (TPSA) is 75.3 Å². The van der Waals surface area contributed by atoms with E-state index in [0.29, 0.717) is 11.3 Å². The third-order valence-electron chi connectivity index (χ3n) is 3.44. The van der Waals surface area contributed by atoms with Crippen LogP contribution in [-0.2, 0) is 16.4 Å². The van der Waals surface area contributed by atoms with Gasteiger partial charge in [-0.15, -0.1) is 0 Å². The third kappa shape index (κ3) is 4.58. The van der Waals surface area contributed by atoms with Gasteiger partial charge in [0.25, 0.3) is 15.9 Å². The lowest BCUT2D eigenvalue weighted by Crippen LogP contribution is -2.30. The first-order valence-corrected chi connectivity index (χ1v) is 9.33. The molecule has 0 saturated heterocycles. The van der Waals surface area contributed by atoms with Gasteiger partial charge in [0, 0.05) is 17.3 Å². The quantitative estimate of drug-likeness (QED) is 0.843. The second-order valence-electron chi connectivity index (χ2n) is 5.81. The Hall–Kier alpha value is -2.34. The van der Waals surface area contributed by atoms with E-state index in [-0.39, 0.29) is 16.8 Å². The fourth-order valence-corrected chi connectivity index (χ4v) is 3.28. The Balaban J connectivity index is 2.23. The van der Waals surface area contributed by atoms with E-state index in [1.165, 1.54) is 12.1 Å². The molecule has 0 radical (unpaired) electrons. The number of anilines is 1. The summed E-state index contributed by atoms with van der Waals surface area (Å²) in [7, 11) is -3.75. The summed E-state index contributed by atoms with van der Waals surface area (Å²) in [6.45, 7) is 5.73. The third-order valence-corrected chi connectivity index (χ3v) is 4.82. The predicted molar refractivity (Wildman–Crippen MR) is 95.7 cm³/mol. The summed E-state index contributed by atoms with van der Waals surface area (Å²) >= 11 is 0. The Labute approximate surface area is 143 Å². The van der Waals surface area contributed by atoms with Crippen LogP contribution >= 0.6 is 0 Å². The number of carbonyl (C=O) groups is 1. The summed E-state index contributed by atoms with van der Waals surface area (Å²) in [5, 5.41) is 2.75. The van der Waals surface area contributed by atoms with Crippen molar-refractivity contribution in [1.82, 2.24) is 5.32 Å². The molecular formula is C18H22N2O3S. The molecule has 0 aliphatic heterocycles. The maximum absolute atomic E-state index is 12.5. The van der Waals surface area contributed by atoms with Gasteiger partial charge < -0.3 is 5.32 Å². The average Bonchev–Trinajstić information content (AvgIpc) is 2.55. The maximum atomic E-state index is 12.5. The second kappa shape index (κ2) is 7.49. The zero-order valence-corrected chi connectivity index (χ0v) is 14.9. The van der Waals surface area contributed by atoms with Crippen molar-refractivity contribution in [3.8, 4) is 0 Å². The summed E-state index contributed by atoms with van der Waals surface area (Å²) in [5.41, 5.74) is 1.93. The molecule has 0 heterocycles. The number of benzene rings is 2. The Bertz CT molecular complexity index is 812. The van der Waals surface area contributed by atoms with Crippen LogP contribution in [0.15, 0.2) is 53.4 Å². The first-order valence-electron chi connectivity index (χ1n) is 7.84. The average molecular weight is 346 g/mol. The molecule has 2 rings (SSSR count). The molecule has 0 aliphatic rings. The highest BCUT2D eigenvalue weighted by molar-refractivity contribution is 7.92. The largest absolute Gasteiger partial charge is 0.350 e. The summed E-state index contributed by atoms with van der Waals surface area (Å²) in [5.74, 6) is -0.297. The van der Waals surface area contributed by atoms with Gasteiger partial charge in [-0.25, -0.2) is 8.42 Å². The lowest BCUT2D eigenvalue weighted by atomic mass is 10.2. The molecule has 0 aliphatic carbocycles. The molecular weight excluding hydrogens is 324 g/mol. The molecule has 0 saturated carbocycles. The molecule has 0 unspecified atom stereocenters. The second-order valence-corrected chi connectivity index (χ2v) is 7.49. The molecule has 24 heavy (non-hydrogen) atoms. The van der Waals surface area contributed by atoms with Gasteiger partial charge in [0.15, 0.2) is 0 Å². The van der Waals surface area contributed by atoms with Crippen LogP contribution in [0.25, 0.3) is 0 Å². The number of hydrogen-bond acceptors (Lipinski definition) is 3. The molecule has 0 atom stereocenters. The van der Waals surface area contributed by atoms with Crippen molar-refractivity contribution in [3.63, 3.8) is 0 Å². The van der Waals surface area contributed by atoms with E-state index >= 15 is 0 Å². The van der Waals surface area contributed by atoms with Crippen LogP contribution < -0.4 is 10.0 Å². The van der Waals surface area contributed by atoms with Crippen molar-refractivity contribution < 1.29 is 13.2 Å². The Morgan fingerprint density at radius 2 is 1.75 bits per heavy atom. The Morgan fingerprint density at radius 3 is 2.33 bits per heavy atom. The molecule has 1 amide bonds. The van der Waals surface area contributed by atoms with Gasteiger partial charge in [-0.2, -0.15) is 0 Å². The number of amides is 1. The van der Waals surface area contributed by atoms with E-state index < -0.39 is 10.0 Å². The smallest absolute Gasteiger partial charge is 0.261 e. The number of aryl methyl sites for hydroxylation is 1. The van der Waals surface area contributed by atoms with Crippen LogP contribution in [-0.4, -0.2) is 20.4 Å². The highest BCUT2D eigenvalue weighted by Crippen LogP contribution is 2.18. The normalized spacial score (nSPS) is 11.3. The number of hydrogen-bond donors (Lipinski definition) is 2. The molecule has 2 aromatic rings. The van der Waals surface area contributed by atoms with Gasteiger partial charge in [-0.3, -0.25) is 9.52 Å². The van der Waals surface area contributed by atoms with Gasteiger partial charge in [-0.1, -0.05) is 25.1 Å². The van der Waals surface area contributed by atoms with Crippen LogP contribution in [0.3, 0.4) is 0 Å². The minimum Gasteiger partial charge on any atom is -0.350 e. The van der Waals surface area contributed by atoms with Crippen molar-refractivity contribution in [2.45, 2.75) is 38.1 Å². The van der Waals surface area contributed by atoms with E-state index in [9.17, 15) is 13.2 Å². The fraction of sp³-hybridized carbons (Fsp3) is 0.278. The monoisotopic (exact) mass is 346 g/mol. The molecule has 0 spiro atoms. The minimum absolute atomic E-state index is 0.0204. The van der Waals surface area contributed by atoms with Crippen LogP contribution in [0, 0.1) is 0 Å². The van der Waals surface area contributed by atoms with Gasteiger partial charge in [0.05, 0.1) is 4.90 Å². The van der Waals surface area contributed by atoms with Crippen molar-refractivity contribution in [2.24, 2.45) is 0 Å². The summed E-state index contributed by atoms with van der Waals surface area (Å²) < 4.78 is 27.6. The van der Waals surface area contributed by atoms with E-state index in [4.69, 9.17) is 0 Å². The number of carbonyl (C=O) groups excluding carboxylic acids is 1. The highest BCUT2D eigenvalue weighted by Gasteiger charge is 2.16. The van der Waals surface area contributed by atoms with Gasteiger partial charge >= 0.3 is 0 Å². The summed E-state index contributed by atoms with van der Waals surface area (Å²) in [6.07, 6.45) is 0.889. The molecule has 2 aromatic carbocycles. The summed E-state index contributed by atoms with van der Waals surface area (Å²) in [4.78, 5) is 12.1. The van der Waals surface area contributed by atoms with Crippen molar-refractivity contribution >= 4 is 21.6 Å². The predicted octanol–water partition coefficient (Wildman–Crippen LogP) is 3.19. The lowest BCUT2D eigenvalue weighted by molar-refractivity contribution is 0.0943. The molecule has 5 nitrogen and oxygen atoms in total. The molecule has 0 bridgehead atoms. The van der Waals surface area contributed by atoms with Crippen molar-refractivity contribution in [3.05, 3.63) is 59.7 Å². The highest BCUT2D eigenvalue weighted by atomic mass is 32.2. The van der Waals surface area contributed by atoms with Crippen LogP contribution in [0.2, 0.25) is 0 Å². The maximum Gasteiger partial charge on any atom is 0.261 e. The van der Waals surface area contributed by atoms with Crippen molar-refractivity contribution in [1.29, 1.82) is 0 Å². The van der Waals surface area contributed by atoms with E-state index in [1.807, 2.05) is 32.9 Å². The van der Waals surface area contributed by atoms with E-state index in [0.717, 1.165) is 12.0 Å². The standard InChI is InChI=1S/C18H22N2O3S/c1-4-14-8-10-16(11-9-14)20-24(22,23)17-7-5-6-15(12-17)18(21)19-13(2)3/h5-13,20H,4H2,1-3H3,(H,19,21). The zero-order chi connectivity index (χ0) is 17.7. The molecule has 6 heteroatoms. The van der Waals surface area contributed by atoms with Crippen LogP contribution in [0.4, 0.5) is 5.69 Å². The van der Waals surface area contributed by atoms with E-state index in [2.05, 4.69) is 10.0 Å². The minimum atomic E-state index is -3.75. The molecule has 128 valence electrons. The fourth-order valence-electron chi connectivity index (χ4n) is 2.17. The lowest BCUT2D eigenvalue weighted by Gasteiger charge is -2.11. The molecule has 0 fully saturated rings. The zero-order valence-electron chi connectivity index (χ0n) is 14.0. The van der Waals surface area contributed by atoms with Gasteiger partial charge in [-0.05, 0) is 56.2 Å². The van der Waals surface area contributed by atoms with Gasteiger partial charge in [0.2, 0.25) is 0 Å². The van der Waals surface area contributed by atoms with E-state index in [1.54, 1.807) is 24.3 Å². The van der Waals surface area contributed by atoms with Gasteiger partial charge in [0.1, 0.15) is 0 Å². The number of rotatable bonds is 6. The van der Waals surface area contributed by atoms with Crippen molar-refractivity contribution in [2.75, 3.05) is 4.72 Å². The number of nitrogens with one attached hydrogen (secondary N) is 2.